The van der Waals surface area contributed by atoms with E-state index in [1.807, 2.05) is 48.5 Å². The Morgan fingerprint density at radius 3 is 2.11 bits per heavy atom. The van der Waals surface area contributed by atoms with Gasteiger partial charge in [-0.2, -0.15) is 0 Å². The molecule has 1 saturated heterocycles. The molecule has 4 rings (SSSR count). The van der Waals surface area contributed by atoms with Gasteiger partial charge in [-0.15, -0.1) is 0 Å². The molecule has 3 saturated carbocycles. The molecule has 1 aliphatic heterocycles. The van der Waals surface area contributed by atoms with Crippen LogP contribution in [0.15, 0.2) is 0 Å². The average Bonchev–Trinajstić information content (AvgIpc) is 3.89. The minimum atomic E-state index is -1.10. The maximum Gasteiger partial charge on any atom is 0.407 e. The first-order valence-electron chi connectivity index (χ1n) is 16.3. The number of primary amides is 1. The van der Waals surface area contributed by atoms with E-state index < -0.39 is 65.2 Å². The fourth-order valence-corrected chi connectivity index (χ4v) is 6.48. The molecule has 45 heavy (non-hydrogen) atoms. The predicted molar refractivity (Wildman–Crippen MR) is 165 cm³/mol. The van der Waals surface area contributed by atoms with Gasteiger partial charge in [0, 0.05) is 13.1 Å². The minimum absolute atomic E-state index is 0.0332. The molecule has 6 atom stereocenters. The zero-order valence-electron chi connectivity index (χ0n) is 27.7. The van der Waals surface area contributed by atoms with Gasteiger partial charge in [0.05, 0.1) is 12.1 Å². The molecule has 0 aromatic heterocycles. The van der Waals surface area contributed by atoms with Crippen LogP contribution in [0.3, 0.4) is 0 Å². The number of alkyl carbamates (subject to hydrolysis) is 1. The minimum Gasteiger partial charge on any atom is -0.447 e. The van der Waals surface area contributed by atoms with Gasteiger partial charge >= 0.3 is 12.1 Å². The highest BCUT2D eigenvalue weighted by molar-refractivity contribution is 6.37. The van der Waals surface area contributed by atoms with Crippen LogP contribution >= 0.6 is 0 Å². The number of likely N-dealkylation sites (tertiary alicyclic amines) is 1. The van der Waals surface area contributed by atoms with Crippen LogP contribution < -0.4 is 27.0 Å². The fourth-order valence-electron chi connectivity index (χ4n) is 6.48. The lowest BCUT2D eigenvalue weighted by Crippen LogP contribution is -2.62. The van der Waals surface area contributed by atoms with Crippen LogP contribution in [-0.2, 0) is 23.9 Å². The second-order valence-corrected chi connectivity index (χ2v) is 15.5. The number of carbonyl (C=O) groups is 6. The van der Waals surface area contributed by atoms with Crippen LogP contribution in [0.1, 0.15) is 80.6 Å². The number of Topliss-reactive ketones (excluding diaryl/α,β-unsaturated/α-hetero) is 1. The molecule has 0 spiro atoms. The number of amides is 6. The summed E-state index contributed by atoms with van der Waals surface area (Å²) < 4.78 is 5.35. The summed E-state index contributed by atoms with van der Waals surface area (Å²) in [6.07, 6.45) is 3.84. The Kier molecular flexibility index (Phi) is 10.1. The number of piperidine rings is 1. The number of nitrogens with two attached hydrogens (primary N) is 1. The van der Waals surface area contributed by atoms with Crippen molar-refractivity contribution in [1.29, 1.82) is 0 Å². The SMILES string of the molecule is CC(C)[C@@H](COC(=O)NCC1CC1)NC(=O)N[C@H](C(=O)N1C[C@H]2[C@@H]([C@H]1C(=O)NC(CC1CC1)C(=O)C(N)=O)C2(C)C)C(C)(C)C. The topological polar surface area (TPSA) is 189 Å². The monoisotopic (exact) mass is 632 g/mol. The van der Waals surface area contributed by atoms with Crippen LogP contribution in [0.5, 0.6) is 0 Å². The fraction of sp³-hybridized carbons (Fsp3) is 0.812. The van der Waals surface area contributed by atoms with Gasteiger partial charge in [0.1, 0.15) is 18.7 Å². The van der Waals surface area contributed by atoms with Crippen LogP contribution in [0.2, 0.25) is 0 Å². The molecule has 1 heterocycles. The highest BCUT2D eigenvalue weighted by atomic mass is 16.5. The van der Waals surface area contributed by atoms with Crippen molar-refractivity contribution in [1.82, 2.24) is 26.2 Å². The molecule has 6 amide bonds. The number of carbonyl (C=O) groups excluding carboxylic acids is 6. The van der Waals surface area contributed by atoms with E-state index >= 15 is 0 Å². The van der Waals surface area contributed by atoms with Crippen LogP contribution in [0.4, 0.5) is 9.59 Å². The number of nitrogens with one attached hydrogen (secondary N) is 4. The quantitative estimate of drug-likeness (QED) is 0.180. The summed E-state index contributed by atoms with van der Waals surface area (Å²) in [4.78, 5) is 79.2. The lowest BCUT2D eigenvalue weighted by molar-refractivity contribution is -0.145. The highest BCUT2D eigenvalue weighted by Gasteiger charge is 2.70. The number of rotatable bonds is 14. The van der Waals surface area contributed by atoms with Crippen molar-refractivity contribution in [2.24, 2.45) is 46.2 Å². The average molecular weight is 633 g/mol. The van der Waals surface area contributed by atoms with E-state index in [9.17, 15) is 28.8 Å². The normalized spacial score (nSPS) is 25.3. The van der Waals surface area contributed by atoms with Gasteiger partial charge in [-0.05, 0) is 59.7 Å². The summed E-state index contributed by atoms with van der Waals surface area (Å²) in [5.74, 6) is -2.20. The third-order valence-corrected chi connectivity index (χ3v) is 10.0. The van der Waals surface area contributed by atoms with Crippen molar-refractivity contribution in [3.05, 3.63) is 0 Å². The van der Waals surface area contributed by atoms with Gasteiger partial charge in [-0.25, -0.2) is 9.59 Å². The first-order valence-corrected chi connectivity index (χ1v) is 16.3. The lowest BCUT2D eigenvalue weighted by Gasteiger charge is -2.38. The number of fused-ring (bicyclic) bond motifs is 1. The molecular formula is C32H52N6O7. The molecular weight excluding hydrogens is 580 g/mol. The summed E-state index contributed by atoms with van der Waals surface area (Å²) >= 11 is 0. The predicted octanol–water partition coefficient (Wildman–Crippen LogP) is 1.68. The van der Waals surface area contributed by atoms with Crippen LogP contribution in [0, 0.1) is 40.4 Å². The number of hydrogen-bond donors (Lipinski definition) is 5. The molecule has 0 radical (unpaired) electrons. The van der Waals surface area contributed by atoms with E-state index in [-0.39, 0.29) is 35.7 Å². The maximum absolute atomic E-state index is 14.2. The van der Waals surface area contributed by atoms with E-state index in [1.54, 1.807) is 0 Å². The van der Waals surface area contributed by atoms with Gasteiger partial charge < -0.3 is 36.6 Å². The van der Waals surface area contributed by atoms with Crippen LogP contribution in [-0.4, -0.2) is 84.4 Å². The number of urea groups is 1. The van der Waals surface area contributed by atoms with Crippen LogP contribution in [0.25, 0.3) is 0 Å². The zero-order valence-corrected chi connectivity index (χ0v) is 27.7. The maximum atomic E-state index is 14.2. The standard InChI is InChI=1S/C32H52N6O7/c1-16(2)21(15-45-30(44)34-13-18-10-11-18)36-29(43)37-25(31(3,4)5)28(42)38-14-19-22(32(19,6)7)23(38)27(41)35-20(12-17-8-9-17)24(39)26(33)40/h16-23,25H,8-15H2,1-7H3,(H2,33,40)(H,34,44)(H,35,41)(H2,36,37,43)/t19-,20?,21+,22-,23-,25+/m0/s1. The molecule has 13 nitrogen and oxygen atoms in total. The molecule has 6 N–H and O–H groups in total. The summed E-state index contributed by atoms with van der Waals surface area (Å²) in [6, 6.07) is -3.98. The summed E-state index contributed by atoms with van der Waals surface area (Å²) in [5, 5.41) is 11.2. The van der Waals surface area contributed by atoms with E-state index in [4.69, 9.17) is 10.5 Å². The number of ketones is 1. The second-order valence-electron chi connectivity index (χ2n) is 15.5. The Balaban J connectivity index is 1.44. The van der Waals surface area contributed by atoms with E-state index in [0.717, 1.165) is 25.7 Å². The Bertz CT molecular complexity index is 1190. The first-order chi connectivity index (χ1) is 20.9. The zero-order chi connectivity index (χ0) is 33.4. The number of ether oxygens (including phenoxy) is 1. The third kappa shape index (κ3) is 8.46. The first kappa shape index (κ1) is 34.5. The van der Waals surface area contributed by atoms with Crippen molar-refractivity contribution in [2.45, 2.75) is 105 Å². The van der Waals surface area contributed by atoms with Crippen molar-refractivity contribution < 1.29 is 33.5 Å². The molecule has 252 valence electrons. The molecule has 13 heteroatoms. The molecule has 1 unspecified atom stereocenters. The Labute approximate surface area is 265 Å². The molecule has 0 aromatic carbocycles. The largest absolute Gasteiger partial charge is 0.447 e. The Morgan fingerprint density at radius 2 is 1.58 bits per heavy atom. The van der Waals surface area contributed by atoms with E-state index in [0.29, 0.717) is 25.4 Å². The second kappa shape index (κ2) is 13.2. The smallest absolute Gasteiger partial charge is 0.407 e. The van der Waals surface area contributed by atoms with Gasteiger partial charge in [-0.3, -0.25) is 19.2 Å². The number of nitrogens with zero attached hydrogens (tertiary/aromatic N) is 1. The van der Waals surface area contributed by atoms with Gasteiger partial charge in [-0.1, -0.05) is 61.3 Å². The number of hydrogen-bond acceptors (Lipinski definition) is 7. The van der Waals surface area contributed by atoms with E-state index in [1.165, 1.54) is 4.90 Å². The molecule has 4 fully saturated rings. The summed E-state index contributed by atoms with van der Waals surface area (Å²) in [5.41, 5.74) is 4.38. The Hall–Kier alpha value is -3.38. The molecule has 3 aliphatic carbocycles. The summed E-state index contributed by atoms with van der Waals surface area (Å²) in [6.45, 7) is 14.2. The molecule has 4 aliphatic rings. The molecule has 0 aromatic rings. The van der Waals surface area contributed by atoms with Gasteiger partial charge in [0.15, 0.2) is 0 Å². The molecule has 0 bridgehead atoms. The summed E-state index contributed by atoms with van der Waals surface area (Å²) in [7, 11) is 0. The highest BCUT2D eigenvalue weighted by Crippen LogP contribution is 2.65. The van der Waals surface area contributed by atoms with Gasteiger partial charge in [0.2, 0.25) is 17.6 Å². The Morgan fingerprint density at radius 1 is 0.956 bits per heavy atom. The van der Waals surface area contributed by atoms with Crippen molar-refractivity contribution in [3.63, 3.8) is 0 Å². The lowest BCUT2D eigenvalue weighted by atomic mass is 9.85. The van der Waals surface area contributed by atoms with Crippen molar-refractivity contribution in [2.75, 3.05) is 19.7 Å². The third-order valence-electron chi connectivity index (χ3n) is 10.0. The van der Waals surface area contributed by atoms with Gasteiger partial charge in [0.25, 0.3) is 5.91 Å². The van der Waals surface area contributed by atoms with Crippen molar-refractivity contribution in [3.8, 4) is 0 Å². The van der Waals surface area contributed by atoms with E-state index in [2.05, 4.69) is 21.3 Å². The van der Waals surface area contributed by atoms with Crippen molar-refractivity contribution >= 4 is 35.6 Å².